The Morgan fingerprint density at radius 2 is 1.53 bits per heavy atom. The zero-order valence-corrected chi connectivity index (χ0v) is 36.9. The van der Waals surface area contributed by atoms with Gasteiger partial charge in [0.2, 0.25) is 5.88 Å². The fourth-order valence-corrected chi connectivity index (χ4v) is 9.49. The number of fused-ring (bicyclic) bond motifs is 1. The van der Waals surface area contributed by atoms with Crippen molar-refractivity contribution in [3.05, 3.63) is 106 Å². The molecule has 0 radical (unpaired) electrons. The number of halogens is 6. The fraction of sp³-hybridized carbons (Fsp3) is 0.404. The van der Waals surface area contributed by atoms with Gasteiger partial charge >= 0.3 is 12.2 Å². The van der Waals surface area contributed by atoms with Gasteiger partial charge in [-0.2, -0.15) is 23.1 Å². The van der Waals surface area contributed by atoms with Crippen LogP contribution in [0.15, 0.2) is 60.9 Å². The Bertz CT molecular complexity index is 2720. The van der Waals surface area contributed by atoms with E-state index in [1.165, 1.54) is 6.92 Å². The molecule has 2 aromatic carbocycles. The summed E-state index contributed by atoms with van der Waals surface area (Å²) in [6.45, 7) is 5.77. The lowest BCUT2D eigenvalue weighted by Gasteiger charge is -2.33. The summed E-state index contributed by atoms with van der Waals surface area (Å²) in [5.74, 6) is -0.685. The van der Waals surface area contributed by atoms with Crippen LogP contribution < -0.4 is 28.7 Å². The summed E-state index contributed by atoms with van der Waals surface area (Å²) in [4.78, 5) is 33.2. The molecule has 2 fully saturated rings. The van der Waals surface area contributed by atoms with Crippen molar-refractivity contribution in [1.29, 1.82) is 0 Å². The van der Waals surface area contributed by atoms with Crippen molar-refractivity contribution < 1.29 is 45.3 Å². The van der Waals surface area contributed by atoms with E-state index in [1.807, 2.05) is 65.3 Å². The van der Waals surface area contributed by atoms with E-state index >= 15 is 8.78 Å². The minimum atomic E-state index is -5.14. The monoisotopic (exact) mass is 915 g/mol. The number of methoxy groups -OCH3 is 2. The van der Waals surface area contributed by atoms with Gasteiger partial charge in [-0.05, 0) is 75.5 Å². The molecule has 7 heterocycles. The van der Waals surface area contributed by atoms with Crippen molar-refractivity contribution in [3.63, 3.8) is 0 Å². The summed E-state index contributed by atoms with van der Waals surface area (Å²) < 4.78 is 115. The second-order valence-electron chi connectivity index (χ2n) is 16.9. The Balaban J connectivity index is 1.18. The normalized spacial score (nSPS) is 18.8. The van der Waals surface area contributed by atoms with Crippen LogP contribution in [0.3, 0.4) is 0 Å². The molecule has 346 valence electrons. The quantitative estimate of drug-likeness (QED) is 0.103. The van der Waals surface area contributed by atoms with Crippen LogP contribution >= 0.6 is 0 Å². The third kappa shape index (κ3) is 8.32. The molecule has 3 atom stereocenters. The van der Waals surface area contributed by atoms with Gasteiger partial charge in [-0.1, -0.05) is 24.3 Å². The Kier molecular flexibility index (Phi) is 12.0. The summed E-state index contributed by atoms with van der Waals surface area (Å²) in [7, 11) is 3.20. The summed E-state index contributed by atoms with van der Waals surface area (Å²) in [6.07, 6.45) is -1.33. The number of nitrogens with zero attached hydrogens (tertiary/aromatic N) is 9. The van der Waals surface area contributed by atoms with Crippen LogP contribution in [0.5, 0.6) is 23.4 Å². The minimum Gasteiger partial charge on any atom is -0.497 e. The molecule has 0 amide bonds. The summed E-state index contributed by atoms with van der Waals surface area (Å²) >= 11 is 0. The molecule has 0 aliphatic carbocycles. The highest BCUT2D eigenvalue weighted by atomic mass is 19.4. The predicted octanol–water partition coefficient (Wildman–Crippen LogP) is 8.93. The predicted molar refractivity (Wildman–Crippen MR) is 233 cm³/mol. The van der Waals surface area contributed by atoms with E-state index in [9.17, 15) is 17.6 Å². The molecule has 0 unspecified atom stereocenters. The number of aromatic nitrogens is 6. The average Bonchev–Trinajstić information content (AvgIpc) is 3.77. The number of pyridine rings is 2. The first kappa shape index (κ1) is 44.7. The number of aryl methyl sites for hydroxylation is 1. The second-order valence-corrected chi connectivity index (χ2v) is 16.9. The zero-order chi connectivity index (χ0) is 46.5. The topological polar surface area (TPSA) is 124 Å². The molecule has 2 saturated heterocycles. The van der Waals surface area contributed by atoms with E-state index in [0.29, 0.717) is 49.1 Å². The molecule has 6 aromatic rings. The lowest BCUT2D eigenvalue weighted by molar-refractivity contribution is -0.138. The first-order chi connectivity index (χ1) is 31.7. The van der Waals surface area contributed by atoms with E-state index < -0.39 is 63.6 Å². The maximum atomic E-state index is 17.4. The Morgan fingerprint density at radius 1 is 0.864 bits per heavy atom. The number of benzene rings is 2. The van der Waals surface area contributed by atoms with Gasteiger partial charge in [0, 0.05) is 44.0 Å². The van der Waals surface area contributed by atoms with E-state index in [4.69, 9.17) is 33.9 Å². The van der Waals surface area contributed by atoms with Crippen LogP contribution in [0.1, 0.15) is 65.9 Å². The van der Waals surface area contributed by atoms with Crippen molar-refractivity contribution in [2.75, 3.05) is 56.9 Å². The fourth-order valence-electron chi connectivity index (χ4n) is 9.49. The van der Waals surface area contributed by atoms with Crippen molar-refractivity contribution in [3.8, 4) is 34.8 Å². The van der Waals surface area contributed by atoms with Gasteiger partial charge in [0.25, 0.3) is 0 Å². The van der Waals surface area contributed by atoms with Crippen LogP contribution in [0.4, 0.5) is 38.0 Å². The number of hydrogen-bond donors (Lipinski definition) is 0. The van der Waals surface area contributed by atoms with E-state index in [2.05, 4.69) is 19.9 Å². The van der Waals surface area contributed by atoms with Crippen LogP contribution in [0, 0.1) is 25.5 Å². The van der Waals surface area contributed by atoms with Crippen LogP contribution in [-0.4, -0.2) is 93.6 Å². The SMILES string of the molecule is COc1ccc(CN(Cc2ccc(OC)cc2)c2nccnc2[C@@H](C)N2CCOc3nc(-c4nc(C)c(F)c(C)c4C(F)(F)F)c(F)c4nc(OC[C@@]56CCCN5C[C@H](F)C6)nc2c34)cc1. The molecule has 13 nitrogen and oxygen atoms in total. The molecule has 3 aliphatic heterocycles. The number of ether oxygens (including phenoxy) is 4. The highest BCUT2D eigenvalue weighted by Crippen LogP contribution is 2.46. The first-order valence-electron chi connectivity index (χ1n) is 21.6. The van der Waals surface area contributed by atoms with Crippen molar-refractivity contribution in [2.24, 2.45) is 0 Å². The molecule has 4 aromatic heterocycles. The Morgan fingerprint density at radius 3 is 2.18 bits per heavy atom. The van der Waals surface area contributed by atoms with Gasteiger partial charge in [0.05, 0.1) is 43.6 Å². The Hall–Kier alpha value is -6.50. The van der Waals surface area contributed by atoms with Gasteiger partial charge in [0.1, 0.15) is 70.5 Å². The van der Waals surface area contributed by atoms with Crippen molar-refractivity contribution >= 4 is 22.5 Å². The van der Waals surface area contributed by atoms with Gasteiger partial charge in [0.15, 0.2) is 11.6 Å². The highest BCUT2D eigenvalue weighted by molar-refractivity contribution is 5.97. The van der Waals surface area contributed by atoms with Crippen LogP contribution in [0.25, 0.3) is 22.3 Å². The lowest BCUT2D eigenvalue weighted by Crippen LogP contribution is -2.43. The van der Waals surface area contributed by atoms with Gasteiger partial charge in [-0.25, -0.2) is 28.1 Å². The lowest BCUT2D eigenvalue weighted by atomic mass is 9.95. The highest BCUT2D eigenvalue weighted by Gasteiger charge is 2.49. The molecule has 0 saturated carbocycles. The standard InChI is InChI=1S/C47H47F6N9O4/c1-26-35(47(51,52)53)40(56-27(2)36(26)49)41-37(50)39-34-42(59-45(58-39)66-25-46-15-6-18-61(46)24-31(48)21-46)62(19-20-65-44(34)57-41)28(3)38-43(55-17-16-54-38)60(22-29-7-11-32(63-4)12-8-29)23-30-9-13-33(64-5)14-10-30/h7-14,16-17,28,31H,6,15,18-25H2,1-5H3/t28-,31-,46+/m1/s1. The molecule has 0 N–H and O–H groups in total. The number of rotatable bonds is 13. The largest absolute Gasteiger partial charge is 0.497 e. The molecular formula is C47H47F6N9O4. The summed E-state index contributed by atoms with van der Waals surface area (Å²) in [5.41, 5.74) is -3.06. The maximum Gasteiger partial charge on any atom is 0.418 e. The molecule has 66 heavy (non-hydrogen) atoms. The molecule has 0 spiro atoms. The molecule has 0 bridgehead atoms. The number of alkyl halides is 4. The minimum absolute atomic E-state index is 0.0209. The Labute approximate surface area is 376 Å². The van der Waals surface area contributed by atoms with Crippen LogP contribution in [-0.2, 0) is 19.3 Å². The average molecular weight is 916 g/mol. The zero-order valence-electron chi connectivity index (χ0n) is 36.9. The molecule has 3 aliphatic rings. The van der Waals surface area contributed by atoms with Gasteiger partial charge < -0.3 is 28.7 Å². The molecule has 9 rings (SSSR count). The third-order valence-electron chi connectivity index (χ3n) is 12.8. The molecular weight excluding hydrogens is 869 g/mol. The van der Waals surface area contributed by atoms with Crippen molar-refractivity contribution in [1.82, 2.24) is 34.8 Å². The third-order valence-corrected chi connectivity index (χ3v) is 12.8. The number of anilines is 2. The second kappa shape index (κ2) is 17.7. The maximum absolute atomic E-state index is 17.4. The first-order valence-corrected chi connectivity index (χ1v) is 21.6. The number of hydrogen-bond acceptors (Lipinski definition) is 13. The van der Waals surface area contributed by atoms with Gasteiger partial charge in [-0.3, -0.25) is 9.88 Å². The van der Waals surface area contributed by atoms with E-state index in [-0.39, 0.29) is 61.5 Å². The van der Waals surface area contributed by atoms with E-state index in [0.717, 1.165) is 24.5 Å². The summed E-state index contributed by atoms with van der Waals surface area (Å²) in [5, 5.41) is -0.0406. The van der Waals surface area contributed by atoms with Crippen LogP contribution in [0.2, 0.25) is 0 Å². The molecule has 19 heteroatoms. The van der Waals surface area contributed by atoms with E-state index in [1.54, 1.807) is 26.6 Å². The van der Waals surface area contributed by atoms with Gasteiger partial charge in [-0.15, -0.1) is 0 Å². The van der Waals surface area contributed by atoms with Crippen molar-refractivity contribution in [2.45, 2.75) is 77.1 Å². The smallest absolute Gasteiger partial charge is 0.418 e. The summed E-state index contributed by atoms with van der Waals surface area (Å²) in [6, 6.07) is 14.4.